The number of esters is 1. The van der Waals surface area contributed by atoms with Crippen molar-refractivity contribution < 1.29 is 9.53 Å². The van der Waals surface area contributed by atoms with Crippen LogP contribution in [0.5, 0.6) is 0 Å². The molecule has 0 atom stereocenters. The largest absolute Gasteiger partial charge is 0.466 e. The average Bonchev–Trinajstić information content (AvgIpc) is 2.19. The van der Waals surface area contributed by atoms with Gasteiger partial charge in [-0.1, -0.05) is 0 Å². The van der Waals surface area contributed by atoms with Crippen molar-refractivity contribution in [1.82, 2.24) is 4.98 Å². The summed E-state index contributed by atoms with van der Waals surface area (Å²) in [6, 6.07) is 5.26. The number of ether oxygens (including phenoxy) is 1. The Labute approximate surface area is 82.1 Å². The van der Waals surface area contributed by atoms with Crippen LogP contribution in [0, 0.1) is 11.3 Å². The predicted octanol–water partition coefficient (Wildman–Crippen LogP) is 1.06. The Morgan fingerprint density at radius 2 is 2.50 bits per heavy atom. The van der Waals surface area contributed by atoms with E-state index in [4.69, 9.17) is 10.00 Å². The third-order valence-electron chi connectivity index (χ3n) is 1.63. The van der Waals surface area contributed by atoms with Gasteiger partial charge >= 0.3 is 5.97 Å². The molecule has 0 saturated carbocycles. The van der Waals surface area contributed by atoms with E-state index in [0.29, 0.717) is 17.9 Å². The first-order valence-corrected chi connectivity index (χ1v) is 4.27. The Kier molecular flexibility index (Phi) is 3.62. The van der Waals surface area contributed by atoms with Crippen molar-refractivity contribution in [2.45, 2.75) is 13.3 Å². The smallest absolute Gasteiger partial charge is 0.311 e. The van der Waals surface area contributed by atoms with E-state index in [2.05, 4.69) is 4.98 Å². The van der Waals surface area contributed by atoms with Gasteiger partial charge in [-0.05, 0) is 19.1 Å². The van der Waals surface area contributed by atoms with Crippen molar-refractivity contribution >= 4 is 5.97 Å². The van der Waals surface area contributed by atoms with Crippen LogP contribution in [0.4, 0.5) is 0 Å². The summed E-state index contributed by atoms with van der Waals surface area (Å²) in [4.78, 5) is 15.1. The maximum atomic E-state index is 11.1. The summed E-state index contributed by atoms with van der Waals surface area (Å²) in [5.41, 5.74) is 0.883. The molecule has 4 heteroatoms. The molecule has 0 fully saturated rings. The molecule has 0 saturated heterocycles. The highest BCUT2D eigenvalue weighted by Gasteiger charge is 2.08. The van der Waals surface area contributed by atoms with Gasteiger partial charge in [0.15, 0.2) is 0 Å². The molecule has 14 heavy (non-hydrogen) atoms. The number of aromatic nitrogens is 1. The topological polar surface area (TPSA) is 63.0 Å². The molecule has 0 aliphatic rings. The Balaban J connectivity index is 2.77. The van der Waals surface area contributed by atoms with Crippen molar-refractivity contribution in [3.63, 3.8) is 0 Å². The van der Waals surface area contributed by atoms with Crippen LogP contribution in [0.1, 0.15) is 18.2 Å². The Morgan fingerprint density at radius 1 is 1.71 bits per heavy atom. The lowest BCUT2D eigenvalue weighted by molar-refractivity contribution is -0.142. The fraction of sp³-hybridized carbons (Fsp3) is 0.300. The fourth-order valence-electron chi connectivity index (χ4n) is 1.03. The van der Waals surface area contributed by atoms with Crippen LogP contribution in [0.25, 0.3) is 0 Å². The molecule has 1 heterocycles. The molecule has 0 aliphatic heterocycles. The molecule has 0 N–H and O–H groups in total. The molecule has 4 nitrogen and oxygen atoms in total. The van der Waals surface area contributed by atoms with Crippen molar-refractivity contribution in [3.8, 4) is 6.07 Å². The molecule has 0 unspecified atom stereocenters. The minimum Gasteiger partial charge on any atom is -0.466 e. The highest BCUT2D eigenvalue weighted by Crippen LogP contribution is 2.04. The molecule has 1 rings (SSSR count). The van der Waals surface area contributed by atoms with E-state index in [-0.39, 0.29) is 12.4 Å². The summed E-state index contributed by atoms with van der Waals surface area (Å²) in [6.45, 7) is 2.08. The van der Waals surface area contributed by atoms with Crippen molar-refractivity contribution in [2.24, 2.45) is 0 Å². The third-order valence-corrected chi connectivity index (χ3v) is 1.63. The van der Waals surface area contributed by atoms with Crippen molar-refractivity contribution in [1.29, 1.82) is 5.26 Å². The number of nitrogens with zero attached hydrogens (tertiary/aromatic N) is 2. The van der Waals surface area contributed by atoms with Gasteiger partial charge < -0.3 is 4.74 Å². The Hall–Kier alpha value is -1.89. The van der Waals surface area contributed by atoms with E-state index in [1.807, 2.05) is 6.07 Å². The molecule has 0 aromatic carbocycles. The van der Waals surface area contributed by atoms with Crippen LogP contribution < -0.4 is 0 Å². The number of carbonyl (C=O) groups excluding carboxylic acids is 1. The molecule has 1 aromatic rings. The van der Waals surface area contributed by atoms with Crippen LogP contribution in [-0.4, -0.2) is 17.6 Å². The van der Waals surface area contributed by atoms with E-state index in [1.165, 1.54) is 0 Å². The number of rotatable bonds is 3. The second-order valence-corrected chi connectivity index (χ2v) is 2.59. The summed E-state index contributed by atoms with van der Waals surface area (Å²) < 4.78 is 4.76. The van der Waals surface area contributed by atoms with Gasteiger partial charge in [-0.2, -0.15) is 5.26 Å². The third kappa shape index (κ3) is 2.56. The van der Waals surface area contributed by atoms with Crippen molar-refractivity contribution in [3.05, 3.63) is 29.6 Å². The molecule has 0 spiro atoms. The van der Waals surface area contributed by atoms with Gasteiger partial charge in [0, 0.05) is 6.20 Å². The zero-order valence-electron chi connectivity index (χ0n) is 7.86. The lowest BCUT2D eigenvalue weighted by Gasteiger charge is -2.02. The van der Waals surface area contributed by atoms with Gasteiger partial charge in [0.25, 0.3) is 0 Å². The summed E-state index contributed by atoms with van der Waals surface area (Å²) in [5, 5.41) is 8.72. The van der Waals surface area contributed by atoms with E-state index < -0.39 is 0 Å². The standard InChI is InChI=1S/C10H10N2O2/c1-2-14-10(13)6-9-8(7-11)4-3-5-12-9/h3-5H,2,6H2,1H3. The van der Waals surface area contributed by atoms with E-state index in [0.717, 1.165) is 0 Å². The van der Waals surface area contributed by atoms with Crippen molar-refractivity contribution in [2.75, 3.05) is 6.61 Å². The monoisotopic (exact) mass is 190 g/mol. The van der Waals surface area contributed by atoms with E-state index >= 15 is 0 Å². The van der Waals surface area contributed by atoms with Gasteiger partial charge in [-0.25, -0.2) is 0 Å². The maximum Gasteiger partial charge on any atom is 0.311 e. The van der Waals surface area contributed by atoms with Crippen LogP contribution in [0.15, 0.2) is 18.3 Å². The minimum absolute atomic E-state index is 0.0531. The first-order chi connectivity index (χ1) is 6.77. The molecule has 72 valence electrons. The minimum atomic E-state index is -0.359. The summed E-state index contributed by atoms with van der Waals surface area (Å²) in [6.07, 6.45) is 1.60. The van der Waals surface area contributed by atoms with Gasteiger partial charge in [-0.3, -0.25) is 9.78 Å². The zero-order valence-corrected chi connectivity index (χ0v) is 7.86. The normalized spacial score (nSPS) is 9.14. The number of pyridine rings is 1. The number of hydrogen-bond acceptors (Lipinski definition) is 4. The van der Waals surface area contributed by atoms with Gasteiger partial charge in [-0.15, -0.1) is 0 Å². The molecule has 0 radical (unpaired) electrons. The maximum absolute atomic E-state index is 11.1. The molecule has 0 aliphatic carbocycles. The van der Waals surface area contributed by atoms with Gasteiger partial charge in [0.1, 0.15) is 6.07 Å². The van der Waals surface area contributed by atoms with E-state index in [1.54, 1.807) is 25.3 Å². The quantitative estimate of drug-likeness (QED) is 0.668. The molecule has 1 aromatic heterocycles. The summed E-state index contributed by atoms with van der Waals surface area (Å²) >= 11 is 0. The van der Waals surface area contributed by atoms with Crippen LogP contribution >= 0.6 is 0 Å². The zero-order chi connectivity index (χ0) is 10.4. The second kappa shape index (κ2) is 4.97. The second-order valence-electron chi connectivity index (χ2n) is 2.59. The molecule has 0 amide bonds. The number of carbonyl (C=O) groups is 1. The summed E-state index contributed by atoms with van der Waals surface area (Å²) in [7, 11) is 0. The Bertz CT molecular complexity index is 369. The molecular formula is C10H10N2O2. The van der Waals surface area contributed by atoms with E-state index in [9.17, 15) is 4.79 Å². The lowest BCUT2D eigenvalue weighted by atomic mass is 10.1. The van der Waals surface area contributed by atoms with Crippen LogP contribution in [-0.2, 0) is 16.0 Å². The Morgan fingerprint density at radius 3 is 3.14 bits per heavy atom. The van der Waals surface area contributed by atoms with Gasteiger partial charge in [0.05, 0.1) is 24.3 Å². The first kappa shape index (κ1) is 10.2. The summed E-state index contributed by atoms with van der Waals surface area (Å²) in [5.74, 6) is -0.359. The van der Waals surface area contributed by atoms with Crippen LogP contribution in [0.3, 0.4) is 0 Å². The average molecular weight is 190 g/mol. The predicted molar refractivity (Wildman–Crippen MR) is 49.3 cm³/mol. The van der Waals surface area contributed by atoms with Crippen LogP contribution in [0.2, 0.25) is 0 Å². The SMILES string of the molecule is CCOC(=O)Cc1ncccc1C#N. The highest BCUT2D eigenvalue weighted by molar-refractivity contribution is 5.72. The molecular weight excluding hydrogens is 180 g/mol. The van der Waals surface area contributed by atoms with Gasteiger partial charge in [0.2, 0.25) is 0 Å². The number of nitriles is 1. The fourth-order valence-corrected chi connectivity index (χ4v) is 1.03. The number of hydrogen-bond donors (Lipinski definition) is 0. The highest BCUT2D eigenvalue weighted by atomic mass is 16.5. The first-order valence-electron chi connectivity index (χ1n) is 4.27. The molecule has 0 bridgehead atoms. The lowest BCUT2D eigenvalue weighted by Crippen LogP contribution is -2.09.